The number of benzene rings is 1. The van der Waals surface area contributed by atoms with Crippen molar-refractivity contribution in [3.63, 3.8) is 0 Å². The smallest absolute Gasteiger partial charge is 0.276 e. The molecule has 0 aliphatic rings. The molecule has 28 heavy (non-hydrogen) atoms. The molecule has 2 aromatic heterocycles. The Morgan fingerprint density at radius 3 is 2.57 bits per heavy atom. The van der Waals surface area contributed by atoms with Crippen LogP contribution in [0, 0.1) is 20.8 Å². The first kappa shape index (κ1) is 20.1. The Labute approximate surface area is 172 Å². The average molecular weight is 447 g/mol. The third kappa shape index (κ3) is 3.96. The molecule has 0 saturated carbocycles. The number of rotatable bonds is 6. The van der Waals surface area contributed by atoms with Crippen LogP contribution in [-0.2, 0) is 20.2 Å². The molecule has 0 radical (unpaired) electrons. The summed E-state index contributed by atoms with van der Waals surface area (Å²) in [5.74, 6) is 1.16. The second-order valence-electron chi connectivity index (χ2n) is 6.80. The molecule has 1 amide bonds. The predicted molar refractivity (Wildman–Crippen MR) is 108 cm³/mol. The van der Waals surface area contributed by atoms with Gasteiger partial charge in [0.2, 0.25) is 0 Å². The molecule has 3 rings (SSSR count). The lowest BCUT2D eigenvalue weighted by Gasteiger charge is -2.17. The van der Waals surface area contributed by atoms with Gasteiger partial charge in [0, 0.05) is 14.1 Å². The van der Waals surface area contributed by atoms with Crippen LogP contribution < -0.4 is 4.74 Å². The van der Waals surface area contributed by atoms with Crippen molar-refractivity contribution in [1.29, 1.82) is 0 Å². The van der Waals surface area contributed by atoms with Crippen LogP contribution in [0.3, 0.4) is 0 Å². The molecule has 0 N–H and O–H groups in total. The van der Waals surface area contributed by atoms with Gasteiger partial charge in [-0.05, 0) is 47.8 Å². The van der Waals surface area contributed by atoms with E-state index in [4.69, 9.17) is 9.26 Å². The summed E-state index contributed by atoms with van der Waals surface area (Å²) < 4.78 is 13.9. The molecule has 8 heteroatoms. The number of amides is 1. The molecule has 1 aromatic carbocycles. The minimum Gasteiger partial charge on any atom is -0.488 e. The number of aromatic nitrogens is 3. The van der Waals surface area contributed by atoms with E-state index in [1.165, 1.54) is 0 Å². The molecule has 7 nitrogen and oxygen atoms in total. The van der Waals surface area contributed by atoms with Crippen LogP contribution in [0.15, 0.2) is 33.4 Å². The summed E-state index contributed by atoms with van der Waals surface area (Å²) >= 11 is 3.46. The normalized spacial score (nSPS) is 10.9. The molecule has 3 aromatic rings. The van der Waals surface area contributed by atoms with E-state index in [9.17, 15) is 4.79 Å². The Hall–Kier alpha value is -2.61. The number of para-hydroxylation sites is 1. The Kier molecular flexibility index (Phi) is 5.88. The number of aryl methyl sites for hydroxylation is 4. The lowest BCUT2D eigenvalue weighted by atomic mass is 10.1. The maximum Gasteiger partial charge on any atom is 0.276 e. The van der Waals surface area contributed by atoms with E-state index in [0.717, 1.165) is 27.0 Å². The molecular weight excluding hydrogens is 424 g/mol. The molecule has 2 heterocycles. The van der Waals surface area contributed by atoms with E-state index in [0.29, 0.717) is 17.9 Å². The summed E-state index contributed by atoms with van der Waals surface area (Å²) in [6.45, 7) is 6.37. The SMILES string of the molecule is Cc1cccc(C)c1OCc1c(C(=O)N(C)Cc2c(Br)cnn2C)noc1C. The van der Waals surface area contributed by atoms with Crippen LogP contribution in [0.4, 0.5) is 0 Å². The zero-order valence-corrected chi connectivity index (χ0v) is 18.2. The summed E-state index contributed by atoms with van der Waals surface area (Å²) in [5, 5.41) is 8.17. The van der Waals surface area contributed by atoms with Crippen LogP contribution in [0.2, 0.25) is 0 Å². The monoisotopic (exact) mass is 446 g/mol. The van der Waals surface area contributed by atoms with Crippen molar-refractivity contribution >= 4 is 21.8 Å². The fraction of sp³-hybridized carbons (Fsp3) is 0.350. The van der Waals surface area contributed by atoms with E-state index in [2.05, 4.69) is 26.2 Å². The Morgan fingerprint density at radius 1 is 1.29 bits per heavy atom. The van der Waals surface area contributed by atoms with Gasteiger partial charge in [-0.2, -0.15) is 5.10 Å². The third-order valence-electron chi connectivity index (χ3n) is 4.70. The molecule has 0 fully saturated rings. The zero-order valence-electron chi connectivity index (χ0n) is 16.6. The standard InChI is InChI=1S/C20H23BrN4O3/c1-12-7-6-8-13(2)19(12)27-11-15-14(3)28-23-18(15)20(26)24(4)10-17-16(21)9-22-25(17)5/h6-9H,10-11H2,1-5H3. The van der Waals surface area contributed by atoms with Crippen molar-refractivity contribution in [2.45, 2.75) is 33.9 Å². The van der Waals surface area contributed by atoms with Gasteiger partial charge in [0.15, 0.2) is 5.69 Å². The number of hydrogen-bond acceptors (Lipinski definition) is 5. The molecule has 0 aliphatic carbocycles. The molecular formula is C20H23BrN4O3. The maximum absolute atomic E-state index is 13.0. The molecule has 0 saturated heterocycles. The Morgan fingerprint density at radius 2 is 1.96 bits per heavy atom. The maximum atomic E-state index is 13.0. The van der Waals surface area contributed by atoms with Gasteiger partial charge >= 0.3 is 0 Å². The largest absolute Gasteiger partial charge is 0.488 e. The molecule has 0 atom stereocenters. The first-order valence-electron chi connectivity index (χ1n) is 8.85. The molecule has 0 bridgehead atoms. The van der Waals surface area contributed by atoms with E-state index in [-0.39, 0.29) is 18.2 Å². The number of nitrogens with zero attached hydrogens (tertiary/aromatic N) is 4. The van der Waals surface area contributed by atoms with E-state index in [1.807, 2.05) is 39.1 Å². The molecule has 0 aliphatic heterocycles. The van der Waals surface area contributed by atoms with Crippen LogP contribution >= 0.6 is 15.9 Å². The fourth-order valence-corrected chi connectivity index (χ4v) is 3.47. The van der Waals surface area contributed by atoms with Gasteiger partial charge in [-0.3, -0.25) is 9.48 Å². The molecule has 0 unspecified atom stereocenters. The minimum atomic E-state index is -0.231. The average Bonchev–Trinajstić information content (AvgIpc) is 3.17. The minimum absolute atomic E-state index is 0.214. The summed E-state index contributed by atoms with van der Waals surface area (Å²) in [6, 6.07) is 5.98. The van der Waals surface area contributed by atoms with Crippen LogP contribution in [0.1, 0.15) is 38.6 Å². The van der Waals surface area contributed by atoms with Crippen LogP contribution in [-0.4, -0.2) is 32.8 Å². The van der Waals surface area contributed by atoms with E-state index >= 15 is 0 Å². The number of carbonyl (C=O) groups excluding carboxylic acids is 1. The second-order valence-corrected chi connectivity index (χ2v) is 7.65. The quantitative estimate of drug-likeness (QED) is 0.572. The lowest BCUT2D eigenvalue weighted by molar-refractivity contribution is 0.0769. The van der Waals surface area contributed by atoms with Crippen molar-refractivity contribution in [2.75, 3.05) is 7.05 Å². The van der Waals surface area contributed by atoms with Crippen LogP contribution in [0.5, 0.6) is 5.75 Å². The number of halogens is 1. The van der Waals surface area contributed by atoms with Gasteiger partial charge in [-0.25, -0.2) is 0 Å². The second kappa shape index (κ2) is 8.18. The van der Waals surface area contributed by atoms with Crippen molar-refractivity contribution in [2.24, 2.45) is 7.05 Å². The number of hydrogen-bond donors (Lipinski definition) is 0. The highest BCUT2D eigenvalue weighted by Gasteiger charge is 2.24. The third-order valence-corrected chi connectivity index (χ3v) is 5.36. The van der Waals surface area contributed by atoms with Crippen molar-refractivity contribution < 1.29 is 14.1 Å². The van der Waals surface area contributed by atoms with Crippen molar-refractivity contribution in [3.8, 4) is 5.75 Å². The first-order chi connectivity index (χ1) is 13.3. The first-order valence-corrected chi connectivity index (χ1v) is 9.65. The van der Waals surface area contributed by atoms with Gasteiger partial charge in [0.1, 0.15) is 18.1 Å². The van der Waals surface area contributed by atoms with Gasteiger partial charge in [0.05, 0.1) is 28.5 Å². The lowest BCUT2D eigenvalue weighted by Crippen LogP contribution is -2.28. The fourth-order valence-electron chi connectivity index (χ4n) is 2.99. The van der Waals surface area contributed by atoms with Gasteiger partial charge in [0.25, 0.3) is 5.91 Å². The summed E-state index contributed by atoms with van der Waals surface area (Å²) in [4.78, 5) is 14.6. The topological polar surface area (TPSA) is 73.4 Å². The number of ether oxygens (including phenoxy) is 1. The Balaban J connectivity index is 1.79. The predicted octanol–water partition coefficient (Wildman–Crippen LogP) is 3.95. The van der Waals surface area contributed by atoms with E-state index < -0.39 is 0 Å². The van der Waals surface area contributed by atoms with E-state index in [1.54, 1.807) is 29.7 Å². The Bertz CT molecular complexity index is 969. The summed E-state index contributed by atoms with van der Waals surface area (Å²) in [7, 11) is 3.56. The molecule has 0 spiro atoms. The summed E-state index contributed by atoms with van der Waals surface area (Å²) in [6.07, 6.45) is 1.71. The van der Waals surface area contributed by atoms with Crippen LogP contribution in [0.25, 0.3) is 0 Å². The zero-order chi connectivity index (χ0) is 20.4. The molecule has 148 valence electrons. The highest BCUT2D eigenvalue weighted by Crippen LogP contribution is 2.25. The summed E-state index contributed by atoms with van der Waals surface area (Å²) in [5.41, 5.74) is 3.90. The van der Waals surface area contributed by atoms with Gasteiger partial charge < -0.3 is 14.2 Å². The number of carbonyl (C=O) groups is 1. The van der Waals surface area contributed by atoms with Gasteiger partial charge in [-0.1, -0.05) is 23.4 Å². The highest BCUT2D eigenvalue weighted by atomic mass is 79.9. The van der Waals surface area contributed by atoms with Gasteiger partial charge in [-0.15, -0.1) is 0 Å². The van der Waals surface area contributed by atoms with Crippen molar-refractivity contribution in [3.05, 3.63) is 62.7 Å². The van der Waals surface area contributed by atoms with Crippen molar-refractivity contribution in [1.82, 2.24) is 19.8 Å². The highest BCUT2D eigenvalue weighted by molar-refractivity contribution is 9.10.